The van der Waals surface area contributed by atoms with Crippen LogP contribution in [-0.2, 0) is 13.9 Å². The molecule has 3 nitrogen and oxygen atoms in total. The summed E-state index contributed by atoms with van der Waals surface area (Å²) in [5.41, 5.74) is 0. The van der Waals surface area contributed by atoms with E-state index in [2.05, 4.69) is 46.5 Å². The van der Waals surface area contributed by atoms with E-state index in [-0.39, 0.29) is 17.2 Å². The summed E-state index contributed by atoms with van der Waals surface area (Å²) >= 11 is 4.33. The lowest BCUT2D eigenvalue weighted by atomic mass is 10.2. The van der Waals surface area contributed by atoms with Gasteiger partial charge in [-0.3, -0.25) is 0 Å². The molecule has 0 bridgehead atoms. The maximum Gasteiger partial charge on any atom is 0.192 e. The first-order valence-corrected chi connectivity index (χ1v) is 10.1. The van der Waals surface area contributed by atoms with E-state index in [4.69, 9.17) is 13.9 Å². The Morgan fingerprint density at radius 2 is 1.67 bits per heavy atom. The van der Waals surface area contributed by atoms with Crippen LogP contribution in [0.25, 0.3) is 0 Å². The van der Waals surface area contributed by atoms with E-state index in [0.29, 0.717) is 12.4 Å². The maximum absolute atomic E-state index is 6.20. The zero-order chi connectivity index (χ0) is 14.2. The molecule has 1 rings (SSSR count). The van der Waals surface area contributed by atoms with E-state index >= 15 is 0 Å². The fourth-order valence-corrected chi connectivity index (χ4v) is 3.04. The van der Waals surface area contributed by atoms with Crippen LogP contribution in [0.5, 0.6) is 0 Å². The van der Waals surface area contributed by atoms with Crippen molar-refractivity contribution in [2.45, 2.75) is 70.7 Å². The first kappa shape index (κ1) is 16.5. The Kier molecular flexibility index (Phi) is 4.99. The molecular formula is C13H28O3SSi. The standard InChI is InChI=1S/C13H28O3SSi/c1-12(2,3)18(6,7)14-8-10-11(9-17)16-13(4,5)15-10/h10-11,17H,8-9H2,1-7H3/t10-,11-/m1/s1. The first-order chi connectivity index (χ1) is 7.98. The van der Waals surface area contributed by atoms with Gasteiger partial charge in [0.15, 0.2) is 14.1 Å². The molecule has 0 spiro atoms. The van der Waals surface area contributed by atoms with E-state index in [1.807, 2.05) is 13.8 Å². The molecule has 0 aliphatic carbocycles. The van der Waals surface area contributed by atoms with Gasteiger partial charge in [0.25, 0.3) is 0 Å². The predicted octanol–water partition coefficient (Wildman–Crippen LogP) is 3.46. The lowest BCUT2D eigenvalue weighted by Crippen LogP contribution is -2.44. The number of rotatable bonds is 4. The van der Waals surface area contributed by atoms with Gasteiger partial charge >= 0.3 is 0 Å². The molecule has 0 amide bonds. The van der Waals surface area contributed by atoms with Crippen LogP contribution >= 0.6 is 12.6 Å². The predicted molar refractivity (Wildman–Crippen MR) is 80.8 cm³/mol. The third kappa shape index (κ3) is 3.97. The first-order valence-electron chi connectivity index (χ1n) is 6.59. The van der Waals surface area contributed by atoms with Gasteiger partial charge < -0.3 is 13.9 Å². The van der Waals surface area contributed by atoms with E-state index in [1.54, 1.807) is 0 Å². The van der Waals surface area contributed by atoms with Gasteiger partial charge in [-0.05, 0) is 32.0 Å². The maximum atomic E-state index is 6.20. The van der Waals surface area contributed by atoms with Gasteiger partial charge in [0, 0.05) is 5.75 Å². The van der Waals surface area contributed by atoms with E-state index in [0.717, 1.165) is 0 Å². The molecule has 1 saturated heterocycles. The van der Waals surface area contributed by atoms with Gasteiger partial charge in [-0.25, -0.2) is 0 Å². The van der Waals surface area contributed by atoms with Crippen LogP contribution in [0.1, 0.15) is 34.6 Å². The minimum absolute atomic E-state index is 0.00775. The second-order valence-corrected chi connectivity index (χ2v) is 12.1. The molecule has 0 radical (unpaired) electrons. The quantitative estimate of drug-likeness (QED) is 0.635. The van der Waals surface area contributed by atoms with Crippen LogP contribution < -0.4 is 0 Å². The molecule has 1 aliphatic heterocycles. The monoisotopic (exact) mass is 292 g/mol. The van der Waals surface area contributed by atoms with E-state index in [9.17, 15) is 0 Å². The molecule has 2 atom stereocenters. The van der Waals surface area contributed by atoms with Gasteiger partial charge in [-0.15, -0.1) is 0 Å². The minimum atomic E-state index is -1.72. The molecule has 0 unspecified atom stereocenters. The van der Waals surface area contributed by atoms with Gasteiger partial charge in [0.2, 0.25) is 0 Å². The fourth-order valence-electron chi connectivity index (χ4n) is 1.71. The smallest absolute Gasteiger partial charge is 0.192 e. The topological polar surface area (TPSA) is 27.7 Å². The Morgan fingerprint density at radius 1 is 1.17 bits per heavy atom. The van der Waals surface area contributed by atoms with Crippen molar-refractivity contribution in [2.75, 3.05) is 12.4 Å². The van der Waals surface area contributed by atoms with E-state index in [1.165, 1.54) is 0 Å². The van der Waals surface area contributed by atoms with E-state index < -0.39 is 14.1 Å². The summed E-state index contributed by atoms with van der Waals surface area (Å²) in [5, 5.41) is 0.221. The summed E-state index contributed by atoms with van der Waals surface area (Å²) in [6.45, 7) is 15.7. The summed E-state index contributed by atoms with van der Waals surface area (Å²) in [7, 11) is -1.72. The van der Waals surface area contributed by atoms with Gasteiger partial charge in [-0.1, -0.05) is 20.8 Å². The fraction of sp³-hybridized carbons (Fsp3) is 1.00. The largest absolute Gasteiger partial charge is 0.414 e. The van der Waals surface area contributed by atoms with Gasteiger partial charge in [-0.2, -0.15) is 12.6 Å². The molecule has 0 N–H and O–H groups in total. The van der Waals surface area contributed by atoms with Crippen molar-refractivity contribution in [3.8, 4) is 0 Å². The molecule has 0 saturated carbocycles. The van der Waals surface area contributed by atoms with Crippen molar-refractivity contribution in [1.29, 1.82) is 0 Å². The molecule has 5 heteroatoms. The Bertz CT molecular complexity index is 286. The minimum Gasteiger partial charge on any atom is -0.414 e. The molecule has 108 valence electrons. The Morgan fingerprint density at radius 3 is 2.11 bits per heavy atom. The van der Waals surface area contributed by atoms with Gasteiger partial charge in [0.05, 0.1) is 12.7 Å². The highest BCUT2D eigenvalue weighted by Gasteiger charge is 2.43. The van der Waals surface area contributed by atoms with Crippen molar-refractivity contribution in [3.05, 3.63) is 0 Å². The van der Waals surface area contributed by atoms with Crippen LogP contribution in [0, 0.1) is 0 Å². The van der Waals surface area contributed by atoms with Crippen LogP contribution in [0.3, 0.4) is 0 Å². The second-order valence-electron chi connectivity index (χ2n) is 6.97. The normalized spacial score (nSPS) is 28.7. The molecule has 1 heterocycles. The summed E-state index contributed by atoms with van der Waals surface area (Å²) in [6.07, 6.45) is 0.0136. The molecular weight excluding hydrogens is 264 g/mol. The Balaban J connectivity index is 2.58. The second kappa shape index (κ2) is 5.44. The third-order valence-electron chi connectivity index (χ3n) is 3.88. The summed E-state index contributed by atoms with van der Waals surface area (Å²) in [4.78, 5) is 0. The van der Waals surface area contributed by atoms with Crippen molar-refractivity contribution in [3.63, 3.8) is 0 Å². The number of ether oxygens (including phenoxy) is 2. The molecule has 0 aromatic carbocycles. The molecule has 0 aromatic rings. The SMILES string of the molecule is CC1(C)O[C@H](CS)[C@@H](CO[Si](C)(C)C(C)(C)C)O1. The molecule has 1 fully saturated rings. The third-order valence-corrected chi connectivity index (χ3v) is 8.74. The average Bonchev–Trinajstić information content (AvgIpc) is 2.48. The number of hydrogen-bond acceptors (Lipinski definition) is 4. The highest BCUT2D eigenvalue weighted by molar-refractivity contribution is 7.80. The van der Waals surface area contributed by atoms with Crippen molar-refractivity contribution in [2.24, 2.45) is 0 Å². The van der Waals surface area contributed by atoms with Crippen LogP contribution in [-0.4, -0.2) is 38.7 Å². The van der Waals surface area contributed by atoms with Crippen LogP contribution in [0.2, 0.25) is 18.1 Å². The van der Waals surface area contributed by atoms with Crippen molar-refractivity contribution in [1.82, 2.24) is 0 Å². The van der Waals surface area contributed by atoms with Crippen molar-refractivity contribution >= 4 is 20.9 Å². The molecule has 1 aliphatic rings. The number of hydrogen-bond donors (Lipinski definition) is 1. The zero-order valence-electron chi connectivity index (χ0n) is 12.7. The van der Waals surface area contributed by atoms with Crippen LogP contribution in [0.4, 0.5) is 0 Å². The van der Waals surface area contributed by atoms with Crippen molar-refractivity contribution < 1.29 is 13.9 Å². The molecule has 18 heavy (non-hydrogen) atoms. The van der Waals surface area contributed by atoms with Crippen LogP contribution in [0.15, 0.2) is 0 Å². The van der Waals surface area contributed by atoms with Gasteiger partial charge in [0.1, 0.15) is 6.10 Å². The summed E-state index contributed by atoms with van der Waals surface area (Å²) in [6, 6.07) is 0. The highest BCUT2D eigenvalue weighted by atomic mass is 32.1. The Labute approximate surface area is 118 Å². The summed E-state index contributed by atoms with van der Waals surface area (Å²) < 4.78 is 17.9. The lowest BCUT2D eigenvalue weighted by molar-refractivity contribution is -0.147. The summed E-state index contributed by atoms with van der Waals surface area (Å²) in [5.74, 6) is 0.143. The number of thiol groups is 1. The Hall–Kier alpha value is 0.447. The molecule has 0 aromatic heterocycles. The average molecular weight is 293 g/mol. The zero-order valence-corrected chi connectivity index (χ0v) is 14.6. The highest BCUT2D eigenvalue weighted by Crippen LogP contribution is 2.37. The lowest BCUT2D eigenvalue weighted by Gasteiger charge is -2.37.